The van der Waals surface area contributed by atoms with E-state index in [0.717, 1.165) is 35.2 Å². The van der Waals surface area contributed by atoms with Gasteiger partial charge in [0.1, 0.15) is 5.00 Å². The van der Waals surface area contributed by atoms with Crippen LogP contribution >= 0.6 is 22.9 Å². The van der Waals surface area contributed by atoms with Crippen LogP contribution in [-0.4, -0.2) is 37.5 Å². The predicted molar refractivity (Wildman–Crippen MR) is 122 cm³/mol. The fourth-order valence-electron chi connectivity index (χ4n) is 3.85. The number of halogens is 1. The lowest BCUT2D eigenvalue weighted by Gasteiger charge is -2.35. The molecular formula is C21H22ClN3O3S2. The maximum absolute atomic E-state index is 12.9. The highest BCUT2D eigenvalue weighted by Crippen LogP contribution is 2.32. The third kappa shape index (κ3) is 4.45. The molecule has 4 rings (SSSR count). The van der Waals surface area contributed by atoms with Crippen LogP contribution < -0.4 is 10.6 Å². The van der Waals surface area contributed by atoms with Crippen molar-refractivity contribution in [2.45, 2.75) is 36.6 Å². The van der Waals surface area contributed by atoms with Gasteiger partial charge in [-0.1, -0.05) is 35.1 Å². The molecule has 1 atom stereocenters. The van der Waals surface area contributed by atoms with Crippen LogP contribution in [0, 0.1) is 0 Å². The van der Waals surface area contributed by atoms with Crippen LogP contribution in [0.15, 0.2) is 47.5 Å². The van der Waals surface area contributed by atoms with Gasteiger partial charge < -0.3 is 10.6 Å². The molecule has 1 aromatic heterocycles. The van der Waals surface area contributed by atoms with Crippen molar-refractivity contribution >= 4 is 59.5 Å². The quantitative estimate of drug-likeness (QED) is 0.585. The van der Waals surface area contributed by atoms with Crippen molar-refractivity contribution in [1.29, 1.82) is 0 Å². The van der Waals surface area contributed by atoms with Crippen LogP contribution in [0.1, 0.15) is 25.7 Å². The summed E-state index contributed by atoms with van der Waals surface area (Å²) in [5, 5.41) is 3.60. The van der Waals surface area contributed by atoms with Crippen molar-refractivity contribution in [2.24, 2.45) is 0 Å². The summed E-state index contributed by atoms with van der Waals surface area (Å²) >= 11 is 7.34. The van der Waals surface area contributed by atoms with E-state index in [9.17, 15) is 13.2 Å². The molecule has 0 aliphatic carbocycles. The van der Waals surface area contributed by atoms with Gasteiger partial charge in [0.05, 0.1) is 22.9 Å². The van der Waals surface area contributed by atoms with Gasteiger partial charge in [-0.2, -0.15) is 0 Å². The lowest BCUT2D eigenvalue weighted by Crippen LogP contribution is -2.44. The van der Waals surface area contributed by atoms with E-state index in [4.69, 9.17) is 17.3 Å². The largest absolute Gasteiger partial charge is 0.375 e. The number of thiazole rings is 1. The molecule has 30 heavy (non-hydrogen) atoms. The van der Waals surface area contributed by atoms with Gasteiger partial charge in [-0.15, -0.1) is 0 Å². The minimum Gasteiger partial charge on any atom is -0.375 e. The molecule has 2 aromatic carbocycles. The number of fused-ring (bicyclic) bond motifs is 1. The van der Waals surface area contributed by atoms with E-state index in [1.165, 1.54) is 11.3 Å². The van der Waals surface area contributed by atoms with E-state index in [0.29, 0.717) is 16.6 Å². The summed E-state index contributed by atoms with van der Waals surface area (Å²) in [6, 6.07) is 9.95. The maximum Gasteiger partial charge on any atom is 0.181 e. The molecule has 1 fully saturated rings. The highest BCUT2D eigenvalue weighted by molar-refractivity contribution is 7.91. The number of nitrogen functional groups attached to an aromatic ring is 1. The summed E-state index contributed by atoms with van der Waals surface area (Å²) in [6.45, 7) is 0.748. The minimum absolute atomic E-state index is 0.0174. The molecule has 2 N–H and O–H groups in total. The molecular weight excluding hydrogens is 442 g/mol. The predicted octanol–water partition coefficient (Wildman–Crippen LogP) is 4.32. The summed E-state index contributed by atoms with van der Waals surface area (Å²) in [4.78, 5) is 19.3. The Labute approximate surface area is 184 Å². The van der Waals surface area contributed by atoms with E-state index < -0.39 is 9.84 Å². The molecule has 0 spiro atoms. The number of nitrogens with two attached hydrogens (primary N) is 1. The van der Waals surface area contributed by atoms with Crippen molar-refractivity contribution in [2.75, 3.05) is 22.9 Å². The van der Waals surface area contributed by atoms with Crippen LogP contribution in [0.3, 0.4) is 0 Å². The van der Waals surface area contributed by atoms with E-state index in [1.807, 2.05) is 4.90 Å². The van der Waals surface area contributed by atoms with Crippen molar-refractivity contribution in [1.82, 2.24) is 4.98 Å². The summed E-state index contributed by atoms with van der Waals surface area (Å²) in [6.07, 6.45) is 4.32. The van der Waals surface area contributed by atoms with E-state index >= 15 is 0 Å². The van der Waals surface area contributed by atoms with Gasteiger partial charge in [-0.05, 0) is 54.3 Å². The van der Waals surface area contributed by atoms with Crippen LogP contribution in [-0.2, 0) is 14.6 Å². The first-order valence-electron chi connectivity index (χ1n) is 9.76. The van der Waals surface area contributed by atoms with Gasteiger partial charge in [0.25, 0.3) is 0 Å². The summed E-state index contributed by atoms with van der Waals surface area (Å²) in [5.41, 5.74) is 5.74. The summed E-state index contributed by atoms with van der Waals surface area (Å²) in [5.74, 6) is -0.266. The number of anilines is 2. The Morgan fingerprint density at radius 1 is 1.20 bits per heavy atom. The topological polar surface area (TPSA) is 93.4 Å². The third-order valence-corrected chi connectivity index (χ3v) is 8.23. The smallest absolute Gasteiger partial charge is 0.181 e. The Bertz CT molecular complexity index is 1190. The molecule has 1 saturated heterocycles. The van der Waals surface area contributed by atoms with E-state index in [1.54, 1.807) is 42.6 Å². The summed E-state index contributed by atoms with van der Waals surface area (Å²) < 4.78 is 25.7. The number of nitrogens with zero attached hydrogens (tertiary/aromatic N) is 2. The molecule has 3 aromatic rings. The fraction of sp³-hybridized carbons (Fsp3) is 0.333. The minimum atomic E-state index is -3.58. The van der Waals surface area contributed by atoms with Crippen LogP contribution in [0.2, 0.25) is 5.02 Å². The van der Waals surface area contributed by atoms with E-state index in [2.05, 4.69) is 4.98 Å². The average molecular weight is 464 g/mol. The van der Waals surface area contributed by atoms with Crippen molar-refractivity contribution in [3.8, 4) is 0 Å². The fourth-order valence-corrected chi connectivity index (χ4v) is 6.08. The van der Waals surface area contributed by atoms with Gasteiger partial charge in [0, 0.05) is 18.0 Å². The summed E-state index contributed by atoms with van der Waals surface area (Å²) in [7, 11) is -3.58. The molecule has 2 heterocycles. The highest BCUT2D eigenvalue weighted by Gasteiger charge is 2.30. The molecule has 0 radical (unpaired) electrons. The average Bonchev–Trinajstić information content (AvgIpc) is 3.17. The number of sulfone groups is 1. The lowest BCUT2D eigenvalue weighted by atomic mass is 9.97. The van der Waals surface area contributed by atoms with Crippen LogP contribution in [0.25, 0.3) is 10.8 Å². The zero-order valence-electron chi connectivity index (χ0n) is 16.3. The first-order valence-corrected chi connectivity index (χ1v) is 12.6. The van der Waals surface area contributed by atoms with Gasteiger partial charge in [-0.25, -0.2) is 13.4 Å². The Morgan fingerprint density at radius 2 is 1.97 bits per heavy atom. The highest BCUT2D eigenvalue weighted by atomic mass is 35.5. The molecule has 0 saturated carbocycles. The number of carbonyl (C=O) groups excluding carboxylic acids is 1. The number of hydrogen-bond donors (Lipinski definition) is 1. The van der Waals surface area contributed by atoms with Crippen molar-refractivity contribution < 1.29 is 13.2 Å². The van der Waals surface area contributed by atoms with E-state index in [-0.39, 0.29) is 28.9 Å². The molecule has 9 heteroatoms. The number of aromatic nitrogens is 1. The third-order valence-electron chi connectivity index (χ3n) is 5.42. The molecule has 1 aliphatic heterocycles. The number of carbonyl (C=O) groups is 1. The van der Waals surface area contributed by atoms with Crippen LogP contribution in [0.4, 0.5) is 10.1 Å². The van der Waals surface area contributed by atoms with Crippen molar-refractivity contribution in [3.63, 3.8) is 0 Å². The second-order valence-corrected chi connectivity index (χ2v) is 11.0. The molecule has 1 unspecified atom stereocenters. The zero-order chi connectivity index (χ0) is 21.3. The Kier molecular flexibility index (Phi) is 5.99. The van der Waals surface area contributed by atoms with Gasteiger partial charge in [0.2, 0.25) is 0 Å². The van der Waals surface area contributed by atoms with Crippen LogP contribution in [0.5, 0.6) is 0 Å². The first kappa shape index (κ1) is 21.1. The molecule has 1 aliphatic rings. The Morgan fingerprint density at radius 3 is 2.73 bits per heavy atom. The maximum atomic E-state index is 12.9. The van der Waals surface area contributed by atoms with Crippen molar-refractivity contribution in [3.05, 3.63) is 47.6 Å². The number of rotatable bonds is 6. The Hall–Kier alpha value is -2.16. The standard InChI is InChI=1S/C21H22ClN3O3S2/c22-16-6-4-15-12-17(7-5-14(15)11-16)30(27,28)10-8-19(26)18-3-1-2-9-25(18)20-13-24-21(23)29-20/h4-7,11-13,18H,1-3,8-10H2,(H2,23,24). The first-order chi connectivity index (χ1) is 14.3. The normalized spacial score (nSPS) is 17.4. The molecule has 158 valence electrons. The SMILES string of the molecule is Nc1ncc(N2CCCCC2C(=O)CCS(=O)(=O)c2ccc3cc(Cl)ccc3c2)s1. The number of Topliss-reactive ketones (excluding diaryl/α,β-unsaturated/α-hetero) is 1. The number of benzene rings is 2. The number of hydrogen-bond acceptors (Lipinski definition) is 7. The monoisotopic (exact) mass is 463 g/mol. The second kappa shape index (κ2) is 8.53. The zero-order valence-corrected chi connectivity index (χ0v) is 18.6. The Balaban J connectivity index is 1.48. The van der Waals surface area contributed by atoms with Gasteiger partial charge in [0.15, 0.2) is 20.8 Å². The lowest BCUT2D eigenvalue weighted by molar-refractivity contribution is -0.120. The molecule has 0 amide bonds. The number of ketones is 1. The van der Waals surface area contributed by atoms with Gasteiger partial charge >= 0.3 is 0 Å². The van der Waals surface area contributed by atoms with Gasteiger partial charge in [-0.3, -0.25) is 4.79 Å². The number of piperidine rings is 1. The second-order valence-electron chi connectivity index (χ2n) is 7.43. The molecule has 0 bridgehead atoms. The molecule has 6 nitrogen and oxygen atoms in total.